The van der Waals surface area contributed by atoms with Gasteiger partial charge in [-0.2, -0.15) is 0 Å². The zero-order valence-corrected chi connectivity index (χ0v) is 9.38. The zero-order chi connectivity index (χ0) is 13.4. The quantitative estimate of drug-likeness (QED) is 0.539. The summed E-state index contributed by atoms with van der Waals surface area (Å²) in [7, 11) is 0. The maximum Gasteiger partial charge on any atom is 0.338 e. The molecule has 1 aliphatic rings. The Kier molecular flexibility index (Phi) is 3.10. The van der Waals surface area contributed by atoms with E-state index in [1.54, 1.807) is 0 Å². The first-order chi connectivity index (χ1) is 8.40. The van der Waals surface area contributed by atoms with Crippen molar-refractivity contribution in [2.45, 2.75) is 12.2 Å². The van der Waals surface area contributed by atoms with Crippen molar-refractivity contribution in [3.8, 4) is 0 Å². The van der Waals surface area contributed by atoms with Gasteiger partial charge < -0.3 is 26.0 Å². The summed E-state index contributed by atoms with van der Waals surface area (Å²) in [6.07, 6.45) is -1.85. The molecule has 1 aromatic carbocycles. The van der Waals surface area contributed by atoms with Gasteiger partial charge in [0.1, 0.15) is 5.82 Å². The standard InChI is InChI=1S/C11H13FN2O4/c12-6-2-8(7(13)1-5(6)11(17)18)14-3-9(15)10(16)4-14/h1-2,9-10,15-16H,3-4,13H2,(H,17,18). The van der Waals surface area contributed by atoms with E-state index in [4.69, 9.17) is 10.8 Å². The SMILES string of the molecule is Nc1cc(C(=O)O)c(F)cc1N1CC(O)C(O)C1. The molecule has 0 spiro atoms. The Balaban J connectivity index is 2.36. The molecule has 2 unspecified atom stereocenters. The van der Waals surface area contributed by atoms with Crippen molar-refractivity contribution in [2.24, 2.45) is 0 Å². The van der Waals surface area contributed by atoms with Crippen molar-refractivity contribution in [1.29, 1.82) is 0 Å². The van der Waals surface area contributed by atoms with E-state index < -0.39 is 29.6 Å². The number of carboxylic acid groups (broad SMARTS) is 1. The molecule has 0 aliphatic carbocycles. The van der Waals surface area contributed by atoms with Gasteiger partial charge >= 0.3 is 5.97 Å². The Morgan fingerprint density at radius 2 is 1.89 bits per heavy atom. The van der Waals surface area contributed by atoms with E-state index in [-0.39, 0.29) is 24.5 Å². The van der Waals surface area contributed by atoms with Crippen molar-refractivity contribution in [1.82, 2.24) is 0 Å². The number of carboxylic acids is 1. The molecular weight excluding hydrogens is 243 g/mol. The highest BCUT2D eigenvalue weighted by Gasteiger charge is 2.31. The van der Waals surface area contributed by atoms with Crippen LogP contribution in [0, 0.1) is 5.82 Å². The predicted octanol–water partition coefficient (Wildman–Crippen LogP) is -0.352. The fraction of sp³-hybridized carbons (Fsp3) is 0.364. The van der Waals surface area contributed by atoms with E-state index in [9.17, 15) is 19.4 Å². The highest BCUT2D eigenvalue weighted by molar-refractivity contribution is 5.91. The molecule has 0 aromatic heterocycles. The number of carbonyl (C=O) groups is 1. The molecule has 1 fully saturated rings. The lowest BCUT2D eigenvalue weighted by atomic mass is 10.1. The van der Waals surface area contributed by atoms with Gasteiger partial charge in [-0.3, -0.25) is 0 Å². The van der Waals surface area contributed by atoms with Gasteiger partial charge in [0.05, 0.1) is 29.1 Å². The van der Waals surface area contributed by atoms with Crippen LogP contribution in [0.15, 0.2) is 12.1 Å². The minimum absolute atomic E-state index is 0.0927. The lowest BCUT2D eigenvalue weighted by molar-refractivity contribution is 0.0572. The number of rotatable bonds is 2. The normalized spacial score (nSPS) is 23.4. The van der Waals surface area contributed by atoms with Crippen LogP contribution in [0.3, 0.4) is 0 Å². The van der Waals surface area contributed by atoms with Crippen LogP contribution in [0.25, 0.3) is 0 Å². The number of nitrogen functional groups attached to an aromatic ring is 1. The predicted molar refractivity (Wildman–Crippen MR) is 62.0 cm³/mol. The summed E-state index contributed by atoms with van der Waals surface area (Å²) >= 11 is 0. The molecule has 18 heavy (non-hydrogen) atoms. The second-order valence-corrected chi connectivity index (χ2v) is 4.24. The third-order valence-electron chi connectivity index (χ3n) is 2.95. The summed E-state index contributed by atoms with van der Waals surface area (Å²) in [5.41, 5.74) is 5.52. The van der Waals surface area contributed by atoms with Gasteiger partial charge in [-0.1, -0.05) is 0 Å². The molecule has 1 aliphatic heterocycles. The molecule has 2 atom stereocenters. The van der Waals surface area contributed by atoms with Crippen molar-refractivity contribution >= 4 is 17.3 Å². The first-order valence-electron chi connectivity index (χ1n) is 5.33. The van der Waals surface area contributed by atoms with E-state index in [1.807, 2.05) is 0 Å². The summed E-state index contributed by atoms with van der Waals surface area (Å²) in [5.74, 6) is -2.30. The molecule has 1 heterocycles. The number of nitrogens with two attached hydrogens (primary N) is 1. The summed E-state index contributed by atoms with van der Waals surface area (Å²) in [6.45, 7) is 0.244. The molecule has 6 nitrogen and oxygen atoms in total. The minimum atomic E-state index is -1.40. The molecule has 0 amide bonds. The Labute approximate surface area is 102 Å². The van der Waals surface area contributed by atoms with Gasteiger partial charge in [-0.05, 0) is 6.07 Å². The Morgan fingerprint density at radius 3 is 2.39 bits per heavy atom. The zero-order valence-electron chi connectivity index (χ0n) is 9.38. The molecule has 2 rings (SSSR count). The maximum atomic E-state index is 13.5. The minimum Gasteiger partial charge on any atom is -0.478 e. The fourth-order valence-corrected chi connectivity index (χ4v) is 1.98. The van der Waals surface area contributed by atoms with E-state index in [0.717, 1.165) is 12.1 Å². The third-order valence-corrected chi connectivity index (χ3v) is 2.95. The van der Waals surface area contributed by atoms with Crippen molar-refractivity contribution in [3.05, 3.63) is 23.5 Å². The summed E-state index contributed by atoms with van der Waals surface area (Å²) < 4.78 is 13.5. The first kappa shape index (κ1) is 12.6. The van der Waals surface area contributed by atoms with Crippen LogP contribution in [0.1, 0.15) is 10.4 Å². The van der Waals surface area contributed by atoms with Crippen LogP contribution in [0.4, 0.5) is 15.8 Å². The average Bonchev–Trinajstić information content (AvgIpc) is 2.61. The van der Waals surface area contributed by atoms with Crippen LogP contribution in [0.5, 0.6) is 0 Å². The summed E-state index contributed by atoms with van der Waals surface area (Å²) in [5, 5.41) is 27.6. The van der Waals surface area contributed by atoms with E-state index >= 15 is 0 Å². The lowest BCUT2D eigenvalue weighted by Gasteiger charge is -2.20. The van der Waals surface area contributed by atoms with Crippen LogP contribution >= 0.6 is 0 Å². The second kappa shape index (κ2) is 4.43. The summed E-state index contributed by atoms with van der Waals surface area (Å²) in [6, 6.07) is 2.04. The number of benzene rings is 1. The molecule has 0 bridgehead atoms. The van der Waals surface area contributed by atoms with E-state index in [2.05, 4.69) is 0 Å². The van der Waals surface area contributed by atoms with Crippen molar-refractivity contribution in [3.63, 3.8) is 0 Å². The molecule has 98 valence electrons. The van der Waals surface area contributed by atoms with E-state index in [0.29, 0.717) is 0 Å². The Morgan fingerprint density at radius 1 is 1.33 bits per heavy atom. The highest BCUT2D eigenvalue weighted by Crippen LogP contribution is 2.29. The number of aromatic carboxylic acids is 1. The average molecular weight is 256 g/mol. The second-order valence-electron chi connectivity index (χ2n) is 4.24. The Bertz CT molecular complexity index is 484. The number of halogens is 1. The Hall–Kier alpha value is -1.86. The molecular formula is C11H13FN2O4. The molecule has 1 aromatic rings. The molecule has 5 N–H and O–H groups in total. The lowest BCUT2D eigenvalue weighted by Crippen LogP contribution is -2.22. The molecule has 0 radical (unpaired) electrons. The van der Waals surface area contributed by atoms with Gasteiger partial charge in [0, 0.05) is 19.2 Å². The number of hydrogen-bond donors (Lipinski definition) is 4. The number of nitrogens with zero attached hydrogens (tertiary/aromatic N) is 1. The number of anilines is 2. The number of aliphatic hydroxyl groups excluding tert-OH is 2. The summed E-state index contributed by atoms with van der Waals surface area (Å²) in [4.78, 5) is 12.2. The van der Waals surface area contributed by atoms with Crippen LogP contribution in [0.2, 0.25) is 0 Å². The van der Waals surface area contributed by atoms with Gasteiger partial charge in [0.25, 0.3) is 0 Å². The van der Waals surface area contributed by atoms with Gasteiger partial charge in [-0.15, -0.1) is 0 Å². The van der Waals surface area contributed by atoms with Crippen molar-refractivity contribution < 1.29 is 24.5 Å². The first-order valence-corrected chi connectivity index (χ1v) is 5.33. The van der Waals surface area contributed by atoms with Crippen LogP contribution in [-0.2, 0) is 0 Å². The number of aliphatic hydroxyl groups is 2. The number of hydrogen-bond acceptors (Lipinski definition) is 5. The molecule has 7 heteroatoms. The number of β-amino-alcohol motifs (C(OH)–C–C–N with tert-alkyl or cyclic N) is 2. The van der Waals surface area contributed by atoms with Gasteiger partial charge in [0.15, 0.2) is 0 Å². The fourth-order valence-electron chi connectivity index (χ4n) is 1.98. The smallest absolute Gasteiger partial charge is 0.338 e. The van der Waals surface area contributed by atoms with Crippen LogP contribution < -0.4 is 10.6 Å². The largest absolute Gasteiger partial charge is 0.478 e. The molecule has 0 saturated carbocycles. The van der Waals surface area contributed by atoms with Gasteiger partial charge in [0.2, 0.25) is 0 Å². The van der Waals surface area contributed by atoms with E-state index in [1.165, 1.54) is 4.90 Å². The van der Waals surface area contributed by atoms with Crippen molar-refractivity contribution in [2.75, 3.05) is 23.7 Å². The maximum absolute atomic E-state index is 13.5. The van der Waals surface area contributed by atoms with Crippen LogP contribution in [-0.4, -0.2) is 46.6 Å². The van der Waals surface area contributed by atoms with Gasteiger partial charge in [-0.25, -0.2) is 9.18 Å². The molecule has 1 saturated heterocycles. The monoisotopic (exact) mass is 256 g/mol. The highest BCUT2D eigenvalue weighted by atomic mass is 19.1. The third kappa shape index (κ3) is 2.09. The topological polar surface area (TPSA) is 107 Å².